The van der Waals surface area contributed by atoms with Gasteiger partial charge in [-0.1, -0.05) is 42.5 Å². The van der Waals surface area contributed by atoms with Gasteiger partial charge in [0.2, 0.25) is 0 Å². The summed E-state index contributed by atoms with van der Waals surface area (Å²) in [6.45, 7) is 0. The minimum atomic E-state index is -1.79. The maximum atomic E-state index is 9.72. The lowest BCUT2D eigenvalue weighted by atomic mass is 9.39. The van der Waals surface area contributed by atoms with Crippen LogP contribution in [0.5, 0.6) is 5.75 Å². The number of para-hydroxylation sites is 1. The fourth-order valence-corrected chi connectivity index (χ4v) is 3.49. The van der Waals surface area contributed by atoms with Crippen molar-refractivity contribution in [2.45, 2.75) is 0 Å². The monoisotopic (exact) mass is 324 g/mol. The molecule has 0 spiro atoms. The van der Waals surface area contributed by atoms with E-state index in [1.54, 1.807) is 42.5 Å². The van der Waals surface area contributed by atoms with Crippen LogP contribution in [0.25, 0.3) is 0 Å². The van der Waals surface area contributed by atoms with Gasteiger partial charge in [0.15, 0.2) is 10.8 Å². The number of ether oxygens (including phenoxy) is 1. The highest BCUT2D eigenvalue weighted by molar-refractivity contribution is 5.51. The molecule has 2 aliphatic carbocycles. The molecule has 3 rings (SSSR count). The second kappa shape index (κ2) is 6.01. The van der Waals surface area contributed by atoms with Crippen LogP contribution >= 0.6 is 0 Å². The van der Waals surface area contributed by atoms with Gasteiger partial charge in [-0.25, -0.2) is 0 Å². The summed E-state index contributed by atoms with van der Waals surface area (Å²) in [5, 5.41) is 38.7. The second-order valence-electron chi connectivity index (χ2n) is 5.82. The standard InChI is InChI=1S/C20H12N4O/c21-11-19(12-22)16-9-5-2-6-10-17(18(16)20(19,13-23)14-24)25-15-7-3-1-4-8-15/h1-10,16,18H/b6-2-,9-5-,17-10+. The molecule has 0 aromatic heterocycles. The van der Waals surface area contributed by atoms with E-state index in [4.69, 9.17) is 4.74 Å². The molecule has 0 aliphatic heterocycles. The maximum absolute atomic E-state index is 9.72. The van der Waals surface area contributed by atoms with E-state index in [1.165, 1.54) is 0 Å². The predicted octanol–water partition coefficient (Wildman–Crippen LogP) is 3.39. The van der Waals surface area contributed by atoms with E-state index < -0.39 is 22.7 Å². The van der Waals surface area contributed by atoms with Gasteiger partial charge in [0.05, 0.1) is 30.2 Å². The molecule has 0 amide bonds. The van der Waals surface area contributed by atoms with Crippen LogP contribution in [-0.2, 0) is 0 Å². The van der Waals surface area contributed by atoms with Gasteiger partial charge in [0.25, 0.3) is 0 Å². The van der Waals surface area contributed by atoms with Crippen LogP contribution in [0.4, 0.5) is 0 Å². The van der Waals surface area contributed by atoms with Gasteiger partial charge in [-0.2, -0.15) is 21.0 Å². The fourth-order valence-electron chi connectivity index (χ4n) is 3.49. The quantitative estimate of drug-likeness (QED) is 0.829. The van der Waals surface area contributed by atoms with E-state index in [-0.39, 0.29) is 0 Å². The summed E-state index contributed by atoms with van der Waals surface area (Å²) in [6.07, 6.45) is 8.58. The summed E-state index contributed by atoms with van der Waals surface area (Å²) in [4.78, 5) is 0. The summed E-state index contributed by atoms with van der Waals surface area (Å²) in [5.74, 6) is -0.368. The Morgan fingerprint density at radius 2 is 1.44 bits per heavy atom. The molecule has 0 bridgehead atoms. The smallest absolute Gasteiger partial charge is 0.186 e. The van der Waals surface area contributed by atoms with E-state index in [0.717, 1.165) is 0 Å². The molecule has 2 atom stereocenters. The number of nitrogens with zero attached hydrogens (tertiary/aromatic N) is 4. The van der Waals surface area contributed by atoms with Crippen molar-refractivity contribution in [3.8, 4) is 30.0 Å². The van der Waals surface area contributed by atoms with E-state index in [2.05, 4.69) is 0 Å². The van der Waals surface area contributed by atoms with Crippen molar-refractivity contribution in [2.24, 2.45) is 22.7 Å². The Morgan fingerprint density at radius 3 is 2.04 bits per heavy atom. The van der Waals surface area contributed by atoms with Crippen molar-refractivity contribution in [2.75, 3.05) is 0 Å². The van der Waals surface area contributed by atoms with Gasteiger partial charge in [-0.15, -0.1) is 0 Å². The van der Waals surface area contributed by atoms with Crippen LogP contribution in [0.1, 0.15) is 0 Å². The number of fused-ring (bicyclic) bond motifs is 1. The van der Waals surface area contributed by atoms with Crippen LogP contribution in [0, 0.1) is 68.0 Å². The first-order valence-corrected chi connectivity index (χ1v) is 7.62. The molecule has 118 valence electrons. The van der Waals surface area contributed by atoms with Crippen LogP contribution < -0.4 is 4.74 Å². The van der Waals surface area contributed by atoms with E-state index >= 15 is 0 Å². The van der Waals surface area contributed by atoms with Crippen molar-refractivity contribution < 1.29 is 4.74 Å². The number of nitriles is 4. The summed E-state index contributed by atoms with van der Waals surface area (Å²) in [6, 6.07) is 16.7. The van der Waals surface area contributed by atoms with Crippen molar-refractivity contribution >= 4 is 0 Å². The number of benzene rings is 1. The number of allylic oxidation sites excluding steroid dienone is 6. The number of hydrogen-bond donors (Lipinski definition) is 0. The lowest BCUT2D eigenvalue weighted by Crippen LogP contribution is -2.63. The van der Waals surface area contributed by atoms with Crippen LogP contribution in [0.2, 0.25) is 0 Å². The molecule has 5 nitrogen and oxygen atoms in total. The molecule has 0 saturated heterocycles. The average Bonchev–Trinajstić information content (AvgIpc) is 2.63. The van der Waals surface area contributed by atoms with E-state index in [0.29, 0.717) is 11.5 Å². The van der Waals surface area contributed by atoms with Gasteiger partial charge in [-0.3, -0.25) is 0 Å². The third-order valence-corrected chi connectivity index (χ3v) is 4.74. The highest BCUT2D eigenvalue weighted by Gasteiger charge is 2.76. The van der Waals surface area contributed by atoms with Gasteiger partial charge in [0.1, 0.15) is 11.5 Å². The molecule has 1 fully saturated rings. The third kappa shape index (κ3) is 2.05. The molecular formula is C20H12N4O. The Kier molecular flexibility index (Phi) is 3.86. The van der Waals surface area contributed by atoms with Crippen molar-refractivity contribution in [3.05, 3.63) is 66.5 Å². The average molecular weight is 324 g/mol. The zero-order valence-electron chi connectivity index (χ0n) is 13.1. The Labute approximate surface area is 145 Å². The molecule has 25 heavy (non-hydrogen) atoms. The van der Waals surface area contributed by atoms with Gasteiger partial charge in [0, 0.05) is 5.92 Å². The molecule has 5 heteroatoms. The van der Waals surface area contributed by atoms with Crippen molar-refractivity contribution in [1.82, 2.24) is 0 Å². The first-order chi connectivity index (χ1) is 12.2. The Bertz CT molecular complexity index is 917. The Morgan fingerprint density at radius 1 is 0.800 bits per heavy atom. The zero-order chi connectivity index (χ0) is 17.9. The van der Waals surface area contributed by atoms with Crippen molar-refractivity contribution in [1.29, 1.82) is 21.0 Å². The van der Waals surface area contributed by atoms with Crippen LogP contribution in [0.3, 0.4) is 0 Å². The second-order valence-corrected chi connectivity index (χ2v) is 5.82. The molecule has 1 aromatic rings. The Balaban J connectivity index is 2.14. The van der Waals surface area contributed by atoms with Crippen LogP contribution in [-0.4, -0.2) is 0 Å². The van der Waals surface area contributed by atoms with Crippen molar-refractivity contribution in [3.63, 3.8) is 0 Å². The lowest BCUT2D eigenvalue weighted by molar-refractivity contribution is -0.0219. The minimum Gasteiger partial charge on any atom is -0.461 e. The van der Waals surface area contributed by atoms with Gasteiger partial charge >= 0.3 is 0 Å². The highest BCUT2D eigenvalue weighted by atomic mass is 16.5. The topological polar surface area (TPSA) is 104 Å². The number of rotatable bonds is 2. The molecule has 0 heterocycles. The molecule has 0 N–H and O–H groups in total. The van der Waals surface area contributed by atoms with E-state index in [9.17, 15) is 21.0 Å². The third-order valence-electron chi connectivity index (χ3n) is 4.74. The predicted molar refractivity (Wildman–Crippen MR) is 87.7 cm³/mol. The zero-order valence-corrected chi connectivity index (χ0v) is 13.1. The van der Waals surface area contributed by atoms with E-state index in [1.807, 2.05) is 42.5 Å². The lowest BCUT2D eigenvalue weighted by Gasteiger charge is -2.54. The maximum Gasteiger partial charge on any atom is 0.186 e. The first-order valence-electron chi connectivity index (χ1n) is 7.62. The fraction of sp³-hybridized carbons (Fsp3) is 0.200. The number of hydrogen-bond acceptors (Lipinski definition) is 5. The van der Waals surface area contributed by atoms with Gasteiger partial charge < -0.3 is 4.74 Å². The first kappa shape index (κ1) is 16.1. The minimum absolute atomic E-state index is 0.390. The SMILES string of the molecule is N#CC1(C#N)C2\C=C/C=C\C=C(\Oc3ccccc3)C2C1(C#N)C#N. The molecule has 1 aromatic carbocycles. The van der Waals surface area contributed by atoms with Gasteiger partial charge in [-0.05, 0) is 18.2 Å². The molecule has 0 radical (unpaired) electrons. The normalized spacial score (nSPS) is 29.0. The molecule has 1 saturated carbocycles. The molecular weight excluding hydrogens is 312 g/mol. The van der Waals surface area contributed by atoms with Crippen LogP contribution in [0.15, 0.2) is 66.5 Å². The summed E-state index contributed by atoms with van der Waals surface area (Å²) >= 11 is 0. The summed E-state index contributed by atoms with van der Waals surface area (Å²) in [7, 11) is 0. The largest absolute Gasteiger partial charge is 0.461 e. The summed E-state index contributed by atoms with van der Waals surface area (Å²) in [5.41, 5.74) is -3.53. The molecule has 2 unspecified atom stereocenters. The Hall–Kier alpha value is -3.80. The highest BCUT2D eigenvalue weighted by Crippen LogP contribution is 2.66. The molecule has 2 aliphatic rings. The summed E-state index contributed by atoms with van der Waals surface area (Å²) < 4.78 is 5.92.